The van der Waals surface area contributed by atoms with E-state index in [-0.39, 0.29) is 34.3 Å². The van der Waals surface area contributed by atoms with Crippen molar-refractivity contribution in [3.05, 3.63) is 78.1 Å². The summed E-state index contributed by atoms with van der Waals surface area (Å²) in [5, 5.41) is -0.0370. The van der Waals surface area contributed by atoms with Crippen molar-refractivity contribution in [1.29, 1.82) is 0 Å². The maximum Gasteiger partial charge on any atom is 0.252 e. The molecule has 1 fully saturated rings. The molecule has 0 amide bonds. The van der Waals surface area contributed by atoms with Crippen molar-refractivity contribution < 1.29 is 13.6 Å². The molecule has 11 heteroatoms. The molecule has 260 valence electrons. The Kier molecular flexibility index (Phi) is 10.3. The first kappa shape index (κ1) is 36.2. The van der Waals surface area contributed by atoms with E-state index in [1.165, 1.54) is 11.1 Å². The van der Waals surface area contributed by atoms with Gasteiger partial charge in [-0.1, -0.05) is 109 Å². The molecule has 4 atom stereocenters. The fraction of sp³-hybridized carbons (Fsp3) is 0.541. The lowest BCUT2D eigenvalue weighted by Crippen LogP contribution is -2.53. The van der Waals surface area contributed by atoms with E-state index in [1.54, 1.807) is 6.33 Å². The van der Waals surface area contributed by atoms with Crippen molar-refractivity contribution >= 4 is 33.7 Å². The van der Waals surface area contributed by atoms with E-state index in [1.807, 2.05) is 4.57 Å². The van der Waals surface area contributed by atoms with Gasteiger partial charge in [0.2, 0.25) is 11.8 Å². The maximum absolute atomic E-state index is 7.46. The number of ether oxygens (including phenoxy) is 1. The number of nitrogen functional groups attached to an aromatic ring is 1. The van der Waals surface area contributed by atoms with Gasteiger partial charge in [0, 0.05) is 13.1 Å². The number of hydrogen-bond donors (Lipinski definition) is 1. The second kappa shape index (κ2) is 13.7. The van der Waals surface area contributed by atoms with Gasteiger partial charge in [-0.2, -0.15) is 9.97 Å². The second-order valence-corrected chi connectivity index (χ2v) is 25.7. The van der Waals surface area contributed by atoms with Gasteiger partial charge in [0.1, 0.15) is 6.10 Å². The fourth-order valence-corrected chi connectivity index (χ4v) is 8.05. The SMILES string of the molecule is CC[C@H]1O[C@@H](n2cnc3c(O[Si](C)(C)C(C)(C)C)nc(N)nc32)C(O[Si](C)(C)C(C)(C)C)[C@H]1N(Cc1ccccc1)Cc1ccccc1. The largest absolute Gasteiger partial charge is 0.529 e. The molecule has 2 N–H and O–H groups in total. The molecule has 0 bridgehead atoms. The molecule has 9 nitrogen and oxygen atoms in total. The summed E-state index contributed by atoms with van der Waals surface area (Å²) in [7, 11) is -4.54. The number of aromatic nitrogens is 4. The third kappa shape index (κ3) is 7.55. The molecule has 2 aromatic heterocycles. The standard InChI is InChI=1S/C37H56N6O3Si2/c1-12-28-30(42(23-26-19-15-13-16-20-26)24-27-21-17-14-18-22-27)31(45-47(8,9)36(2,3)4)34(44-28)43-25-39-29-32(43)40-35(38)41-33(29)46-48(10,11)37(5,6)7/h13-22,25,28,30-31,34H,12,23-24H2,1-11H3,(H2,38,40,41)/t28-,30+,31?,34-/m1/s1. The number of benzene rings is 2. The molecule has 4 aromatic rings. The number of rotatable bonds is 11. The van der Waals surface area contributed by atoms with Crippen LogP contribution in [0.3, 0.4) is 0 Å². The van der Waals surface area contributed by atoms with Gasteiger partial charge in [0.25, 0.3) is 8.32 Å². The van der Waals surface area contributed by atoms with Crippen LogP contribution in [-0.2, 0) is 22.3 Å². The molecule has 1 aliphatic rings. The van der Waals surface area contributed by atoms with Crippen molar-refractivity contribution in [2.75, 3.05) is 5.73 Å². The summed E-state index contributed by atoms with van der Waals surface area (Å²) >= 11 is 0. The van der Waals surface area contributed by atoms with Crippen LogP contribution < -0.4 is 10.2 Å². The summed E-state index contributed by atoms with van der Waals surface area (Å²) in [6.45, 7) is 26.2. The number of nitrogens with two attached hydrogens (primary N) is 1. The predicted molar refractivity (Wildman–Crippen MR) is 200 cm³/mol. The summed E-state index contributed by atoms with van der Waals surface area (Å²) < 4.78 is 23.2. The van der Waals surface area contributed by atoms with Gasteiger partial charge in [-0.25, -0.2) is 4.98 Å². The van der Waals surface area contributed by atoms with Gasteiger partial charge in [-0.15, -0.1) is 0 Å². The van der Waals surface area contributed by atoms with Gasteiger partial charge in [-0.05, 0) is 53.8 Å². The van der Waals surface area contributed by atoms with Crippen LogP contribution in [-0.4, -0.2) is 59.3 Å². The van der Waals surface area contributed by atoms with Gasteiger partial charge in [0.15, 0.2) is 25.7 Å². The maximum atomic E-state index is 7.46. The summed E-state index contributed by atoms with van der Waals surface area (Å²) in [5.74, 6) is 0.581. The van der Waals surface area contributed by atoms with Crippen molar-refractivity contribution in [3.8, 4) is 5.88 Å². The third-order valence-corrected chi connectivity index (χ3v) is 19.5. The Hall–Kier alpha value is -3.10. The van der Waals surface area contributed by atoms with Gasteiger partial charge in [-0.3, -0.25) is 9.47 Å². The van der Waals surface area contributed by atoms with Gasteiger partial charge >= 0.3 is 0 Å². The van der Waals surface area contributed by atoms with E-state index in [2.05, 4.69) is 145 Å². The first-order valence-corrected chi connectivity index (χ1v) is 23.1. The average molecular weight is 689 g/mol. The highest BCUT2D eigenvalue weighted by Crippen LogP contribution is 2.45. The zero-order valence-corrected chi connectivity index (χ0v) is 32.8. The van der Waals surface area contributed by atoms with E-state index in [9.17, 15) is 0 Å². The summed E-state index contributed by atoms with van der Waals surface area (Å²) in [6, 6.07) is 21.3. The van der Waals surface area contributed by atoms with Crippen LogP contribution in [0.15, 0.2) is 67.0 Å². The number of hydrogen-bond acceptors (Lipinski definition) is 8. The summed E-state index contributed by atoms with van der Waals surface area (Å²) in [5.41, 5.74) is 10.1. The molecule has 1 unspecified atom stereocenters. The van der Waals surface area contributed by atoms with Crippen LogP contribution in [0.1, 0.15) is 72.2 Å². The molecule has 1 aliphatic heterocycles. The van der Waals surface area contributed by atoms with Crippen LogP contribution in [0.5, 0.6) is 5.88 Å². The summed E-state index contributed by atoms with van der Waals surface area (Å²) in [6.07, 6.45) is 1.74. The molecule has 0 spiro atoms. The van der Waals surface area contributed by atoms with Gasteiger partial charge < -0.3 is 19.3 Å². The Bertz CT molecular complexity index is 1630. The molecule has 5 rings (SSSR count). The number of fused-ring (bicyclic) bond motifs is 1. The lowest BCUT2D eigenvalue weighted by atomic mass is 10.0. The predicted octanol–water partition coefficient (Wildman–Crippen LogP) is 8.56. The van der Waals surface area contributed by atoms with E-state index in [4.69, 9.17) is 29.3 Å². The number of imidazole rings is 1. The molecule has 1 saturated heterocycles. The molecule has 2 aromatic carbocycles. The summed E-state index contributed by atoms with van der Waals surface area (Å²) in [4.78, 5) is 16.7. The minimum absolute atomic E-state index is 0.0100. The highest BCUT2D eigenvalue weighted by molar-refractivity contribution is 6.75. The van der Waals surface area contributed by atoms with Crippen LogP contribution >= 0.6 is 0 Å². The minimum atomic E-state index is -2.30. The first-order chi connectivity index (χ1) is 22.4. The molecule has 48 heavy (non-hydrogen) atoms. The topological polar surface area (TPSA) is 101 Å². The lowest BCUT2D eigenvalue weighted by molar-refractivity contribution is -0.0323. The third-order valence-electron chi connectivity index (χ3n) is 10.7. The average Bonchev–Trinajstić information content (AvgIpc) is 3.57. The van der Waals surface area contributed by atoms with Crippen LogP contribution in [0, 0.1) is 0 Å². The molecule has 0 radical (unpaired) electrons. The minimum Gasteiger partial charge on any atom is -0.529 e. The van der Waals surface area contributed by atoms with E-state index in [0.29, 0.717) is 17.0 Å². The zero-order valence-electron chi connectivity index (χ0n) is 30.8. The van der Waals surface area contributed by atoms with Crippen molar-refractivity contribution in [2.24, 2.45) is 0 Å². The van der Waals surface area contributed by atoms with Crippen LogP contribution in [0.25, 0.3) is 11.2 Å². The number of nitrogens with zero attached hydrogens (tertiary/aromatic N) is 5. The molecular weight excluding hydrogens is 633 g/mol. The van der Waals surface area contributed by atoms with E-state index in [0.717, 1.165) is 19.5 Å². The Balaban J connectivity index is 1.64. The Morgan fingerprint density at radius 3 is 1.88 bits per heavy atom. The van der Waals surface area contributed by atoms with E-state index < -0.39 is 22.9 Å². The Labute approximate surface area is 289 Å². The van der Waals surface area contributed by atoms with Crippen molar-refractivity contribution in [2.45, 2.75) is 129 Å². The van der Waals surface area contributed by atoms with Crippen molar-refractivity contribution in [1.82, 2.24) is 24.4 Å². The van der Waals surface area contributed by atoms with Gasteiger partial charge in [0.05, 0.1) is 18.5 Å². The normalized spacial score (nSPS) is 20.9. The highest BCUT2D eigenvalue weighted by Gasteiger charge is 2.52. The molecule has 0 aliphatic carbocycles. The van der Waals surface area contributed by atoms with Crippen molar-refractivity contribution in [3.63, 3.8) is 0 Å². The molecule has 0 saturated carbocycles. The van der Waals surface area contributed by atoms with Crippen LogP contribution in [0.4, 0.5) is 5.95 Å². The smallest absolute Gasteiger partial charge is 0.252 e. The Morgan fingerprint density at radius 1 is 0.833 bits per heavy atom. The molecule has 3 heterocycles. The zero-order chi connectivity index (χ0) is 35.1. The highest BCUT2D eigenvalue weighted by atomic mass is 28.4. The van der Waals surface area contributed by atoms with Crippen LogP contribution in [0.2, 0.25) is 36.3 Å². The van der Waals surface area contributed by atoms with E-state index >= 15 is 0 Å². The lowest BCUT2D eigenvalue weighted by Gasteiger charge is -2.43. The quantitative estimate of drug-likeness (QED) is 0.157. The Morgan fingerprint density at radius 2 is 1.38 bits per heavy atom. The second-order valence-electron chi connectivity index (χ2n) is 16.3. The number of anilines is 1. The molecular formula is C37H56N6O3Si2. The first-order valence-electron chi connectivity index (χ1n) is 17.3. The fourth-order valence-electron chi connectivity index (χ4n) is 5.83. The monoisotopic (exact) mass is 688 g/mol.